The van der Waals surface area contributed by atoms with Gasteiger partial charge in [-0.3, -0.25) is 0 Å². The summed E-state index contributed by atoms with van der Waals surface area (Å²) in [7, 11) is 0. The summed E-state index contributed by atoms with van der Waals surface area (Å²) in [6, 6.07) is 19.7. The number of allylic oxidation sites excluding steroid dienone is 2. The zero-order valence-electron chi connectivity index (χ0n) is 14.6. The van der Waals surface area contributed by atoms with Crippen molar-refractivity contribution in [3.63, 3.8) is 0 Å². The molecule has 0 saturated heterocycles. The molecule has 0 N–H and O–H groups in total. The third-order valence-corrected chi connectivity index (χ3v) is 5.36. The molecule has 1 atom stereocenters. The van der Waals surface area contributed by atoms with Crippen LogP contribution in [0.25, 0.3) is 10.1 Å². The molecule has 0 heterocycles. The van der Waals surface area contributed by atoms with Crippen LogP contribution in [0.3, 0.4) is 0 Å². The van der Waals surface area contributed by atoms with Crippen molar-refractivity contribution in [2.24, 2.45) is 0 Å². The average Bonchev–Trinajstić information content (AvgIpc) is 2.69. The van der Waals surface area contributed by atoms with Crippen LogP contribution in [0, 0.1) is 11.6 Å². The van der Waals surface area contributed by atoms with Gasteiger partial charge in [0.25, 0.3) is 0 Å². The van der Waals surface area contributed by atoms with Gasteiger partial charge in [-0.2, -0.15) is 0 Å². The highest BCUT2D eigenvalue weighted by molar-refractivity contribution is 9.10. The summed E-state index contributed by atoms with van der Waals surface area (Å²) in [4.78, 5) is 0. The molecule has 0 aliphatic heterocycles. The van der Waals surface area contributed by atoms with Crippen LogP contribution >= 0.6 is 39.1 Å². The predicted octanol–water partition coefficient (Wildman–Crippen LogP) is 8.37. The third-order valence-electron chi connectivity index (χ3n) is 4.15. The largest absolute Gasteiger partial charge is 0.207 e. The average molecular weight is 480 g/mol. The van der Waals surface area contributed by atoms with Crippen LogP contribution in [0.1, 0.15) is 22.6 Å². The van der Waals surface area contributed by atoms with Gasteiger partial charge in [-0.25, -0.2) is 8.78 Å². The first-order valence-electron chi connectivity index (χ1n) is 8.44. The van der Waals surface area contributed by atoms with Crippen molar-refractivity contribution in [2.75, 3.05) is 0 Å². The van der Waals surface area contributed by atoms with Crippen molar-refractivity contribution in [2.45, 2.75) is 5.92 Å². The fourth-order valence-electron chi connectivity index (χ4n) is 2.65. The second kappa shape index (κ2) is 9.51. The molecule has 3 aromatic carbocycles. The predicted molar refractivity (Wildman–Crippen MR) is 117 cm³/mol. The standard InChI is InChI=1S/C23H15BrCl2F2/c24-19-7-1-15(2-8-19)18(13-22(25)16-3-9-20(27)10-4-16)14-23(26)17-5-11-21(28)12-6-17/h1-14,18H/b22-13-,23-14+. The lowest BCUT2D eigenvalue weighted by Gasteiger charge is -2.12. The maximum Gasteiger partial charge on any atom is 0.123 e. The minimum atomic E-state index is -0.322. The molecule has 1 unspecified atom stereocenters. The number of hydrogen-bond donors (Lipinski definition) is 0. The summed E-state index contributed by atoms with van der Waals surface area (Å²) in [6.07, 6.45) is 3.70. The van der Waals surface area contributed by atoms with E-state index in [1.165, 1.54) is 24.3 Å². The van der Waals surface area contributed by atoms with Gasteiger partial charge in [0.1, 0.15) is 11.6 Å². The Bertz CT molecular complexity index is 931. The zero-order chi connectivity index (χ0) is 20.1. The van der Waals surface area contributed by atoms with Gasteiger partial charge in [0.15, 0.2) is 0 Å². The minimum absolute atomic E-state index is 0.233. The second-order valence-electron chi connectivity index (χ2n) is 6.12. The summed E-state index contributed by atoms with van der Waals surface area (Å²) in [5.74, 6) is -0.878. The van der Waals surface area contributed by atoms with Crippen molar-refractivity contribution in [3.05, 3.63) is 118 Å². The first kappa shape index (κ1) is 20.8. The first-order valence-corrected chi connectivity index (χ1v) is 9.99. The maximum atomic E-state index is 13.2. The molecule has 142 valence electrons. The van der Waals surface area contributed by atoms with Crippen molar-refractivity contribution >= 4 is 49.2 Å². The number of benzene rings is 3. The maximum absolute atomic E-state index is 13.2. The molecule has 0 spiro atoms. The quantitative estimate of drug-likeness (QED) is 0.344. The Morgan fingerprint density at radius 1 is 0.679 bits per heavy atom. The molecule has 0 aliphatic carbocycles. The molecule has 5 heteroatoms. The normalized spacial score (nSPS) is 13.5. The van der Waals surface area contributed by atoms with Gasteiger partial charge in [0.2, 0.25) is 0 Å². The van der Waals surface area contributed by atoms with E-state index < -0.39 is 0 Å². The SMILES string of the molecule is Fc1ccc(/C(Cl)=C/C(/C=C(/Cl)c2ccc(F)cc2)c2ccc(Br)cc2)cc1. The highest BCUT2D eigenvalue weighted by Gasteiger charge is 2.11. The van der Waals surface area contributed by atoms with E-state index in [9.17, 15) is 8.78 Å². The van der Waals surface area contributed by atoms with Crippen molar-refractivity contribution in [3.8, 4) is 0 Å². The highest BCUT2D eigenvalue weighted by atomic mass is 79.9. The van der Waals surface area contributed by atoms with Crippen LogP contribution in [0.2, 0.25) is 0 Å². The van der Waals surface area contributed by atoms with Gasteiger partial charge >= 0.3 is 0 Å². The van der Waals surface area contributed by atoms with Crippen LogP contribution in [-0.4, -0.2) is 0 Å². The molecule has 0 radical (unpaired) electrons. The lowest BCUT2D eigenvalue weighted by atomic mass is 9.96. The lowest BCUT2D eigenvalue weighted by Crippen LogP contribution is -1.94. The molecular weight excluding hydrogens is 465 g/mol. The highest BCUT2D eigenvalue weighted by Crippen LogP contribution is 2.32. The lowest BCUT2D eigenvalue weighted by molar-refractivity contribution is 0.627. The Morgan fingerprint density at radius 3 is 1.46 bits per heavy atom. The molecule has 0 bridgehead atoms. The van der Waals surface area contributed by atoms with E-state index in [1.54, 1.807) is 24.3 Å². The van der Waals surface area contributed by atoms with E-state index >= 15 is 0 Å². The van der Waals surface area contributed by atoms with E-state index in [0.717, 1.165) is 10.0 Å². The Labute approximate surface area is 181 Å². The summed E-state index contributed by atoms with van der Waals surface area (Å²) in [5, 5.41) is 0.959. The topological polar surface area (TPSA) is 0 Å². The fourth-order valence-corrected chi connectivity index (χ4v) is 3.44. The van der Waals surface area contributed by atoms with Crippen LogP contribution in [0.5, 0.6) is 0 Å². The van der Waals surface area contributed by atoms with Crippen LogP contribution in [0.4, 0.5) is 8.78 Å². The van der Waals surface area contributed by atoms with Crippen molar-refractivity contribution < 1.29 is 8.78 Å². The summed E-state index contributed by atoms with van der Waals surface area (Å²) in [5.41, 5.74) is 2.39. The van der Waals surface area contributed by atoms with Gasteiger partial charge < -0.3 is 0 Å². The molecular formula is C23H15BrCl2F2. The number of rotatable bonds is 5. The van der Waals surface area contributed by atoms with E-state index in [-0.39, 0.29) is 17.6 Å². The van der Waals surface area contributed by atoms with Crippen LogP contribution in [0.15, 0.2) is 89.4 Å². The molecule has 28 heavy (non-hydrogen) atoms. The van der Waals surface area contributed by atoms with Gasteiger partial charge in [-0.1, -0.05) is 87.7 Å². The summed E-state index contributed by atoms with van der Waals surface area (Å²) < 4.78 is 27.3. The molecule has 0 amide bonds. The fraction of sp³-hybridized carbons (Fsp3) is 0.0435. The minimum Gasteiger partial charge on any atom is -0.207 e. The molecule has 3 rings (SSSR count). The number of hydrogen-bond acceptors (Lipinski definition) is 0. The molecule has 0 fully saturated rings. The van der Waals surface area contributed by atoms with E-state index in [2.05, 4.69) is 15.9 Å². The van der Waals surface area contributed by atoms with Crippen molar-refractivity contribution in [1.29, 1.82) is 0 Å². The molecule has 0 saturated carbocycles. The van der Waals surface area contributed by atoms with Crippen molar-refractivity contribution in [1.82, 2.24) is 0 Å². The Hall–Kier alpha value is -1.94. The molecule has 0 nitrogen and oxygen atoms in total. The smallest absolute Gasteiger partial charge is 0.123 e. The van der Waals surface area contributed by atoms with Crippen LogP contribution < -0.4 is 0 Å². The monoisotopic (exact) mass is 478 g/mol. The van der Waals surface area contributed by atoms with Gasteiger partial charge in [0.05, 0.1) is 0 Å². The Kier molecular flexibility index (Phi) is 7.06. The summed E-state index contributed by atoms with van der Waals surface area (Å²) in [6.45, 7) is 0. The first-order chi connectivity index (χ1) is 13.4. The van der Waals surface area contributed by atoms with E-state index in [4.69, 9.17) is 23.2 Å². The third kappa shape index (κ3) is 5.54. The Balaban J connectivity index is 2.00. The molecule has 0 aliphatic rings. The van der Waals surface area contributed by atoms with Gasteiger partial charge in [-0.15, -0.1) is 0 Å². The number of halogens is 5. The molecule has 0 aromatic heterocycles. The van der Waals surface area contributed by atoms with Crippen LogP contribution in [-0.2, 0) is 0 Å². The Morgan fingerprint density at radius 2 is 1.07 bits per heavy atom. The summed E-state index contributed by atoms with van der Waals surface area (Å²) >= 11 is 16.4. The van der Waals surface area contributed by atoms with Gasteiger partial charge in [-0.05, 0) is 53.1 Å². The van der Waals surface area contributed by atoms with Gasteiger partial charge in [0, 0.05) is 20.5 Å². The zero-order valence-corrected chi connectivity index (χ0v) is 17.6. The van der Waals surface area contributed by atoms with E-state index in [0.29, 0.717) is 21.2 Å². The van der Waals surface area contributed by atoms with E-state index in [1.807, 2.05) is 36.4 Å². The second-order valence-corrected chi connectivity index (χ2v) is 7.85. The molecule has 3 aromatic rings.